The highest BCUT2D eigenvalue weighted by Gasteiger charge is 2.17. The third-order valence-electron chi connectivity index (χ3n) is 3.19. The SMILES string of the molecule is CCCC(COc1ccc2cccnc2c1)CS(=O)(=O)Cl. The van der Waals surface area contributed by atoms with E-state index in [1.807, 2.05) is 37.3 Å². The molecule has 4 nitrogen and oxygen atoms in total. The molecule has 0 aliphatic rings. The molecule has 0 spiro atoms. The van der Waals surface area contributed by atoms with Gasteiger partial charge in [-0.15, -0.1) is 0 Å². The third kappa shape index (κ3) is 5.17. The number of fused-ring (bicyclic) bond motifs is 1. The molecule has 1 atom stereocenters. The third-order valence-corrected chi connectivity index (χ3v) is 4.44. The Balaban J connectivity index is 2.04. The average Bonchev–Trinajstić information content (AvgIpc) is 2.43. The standard InChI is InChI=1S/C15H18ClNO3S/c1-2-4-12(11-21(16,18)19)10-20-14-7-6-13-5-3-8-17-15(13)9-14/h3,5-9,12H,2,4,10-11H2,1H3. The molecule has 1 heterocycles. The van der Waals surface area contributed by atoms with E-state index >= 15 is 0 Å². The van der Waals surface area contributed by atoms with Gasteiger partial charge in [-0.2, -0.15) is 0 Å². The van der Waals surface area contributed by atoms with Gasteiger partial charge in [0.1, 0.15) is 5.75 Å². The van der Waals surface area contributed by atoms with Gasteiger partial charge in [-0.25, -0.2) is 8.42 Å². The van der Waals surface area contributed by atoms with Crippen molar-refractivity contribution < 1.29 is 13.2 Å². The molecular formula is C15H18ClNO3S. The molecule has 2 rings (SSSR count). The molecule has 6 heteroatoms. The van der Waals surface area contributed by atoms with Crippen LogP contribution in [-0.2, 0) is 9.05 Å². The minimum atomic E-state index is -3.50. The fourth-order valence-corrected chi connectivity index (χ4v) is 3.62. The van der Waals surface area contributed by atoms with Gasteiger partial charge in [0.05, 0.1) is 17.9 Å². The number of pyridine rings is 1. The van der Waals surface area contributed by atoms with Gasteiger partial charge in [-0.3, -0.25) is 4.98 Å². The van der Waals surface area contributed by atoms with E-state index in [4.69, 9.17) is 15.4 Å². The highest BCUT2D eigenvalue weighted by molar-refractivity contribution is 8.13. The number of hydrogen-bond acceptors (Lipinski definition) is 4. The van der Waals surface area contributed by atoms with Crippen LogP contribution in [0.4, 0.5) is 0 Å². The molecule has 0 saturated carbocycles. The number of hydrogen-bond donors (Lipinski definition) is 0. The van der Waals surface area contributed by atoms with Gasteiger partial charge in [0.15, 0.2) is 0 Å². The summed E-state index contributed by atoms with van der Waals surface area (Å²) in [5.41, 5.74) is 0.854. The lowest BCUT2D eigenvalue weighted by Crippen LogP contribution is -2.19. The molecule has 0 bridgehead atoms. The summed E-state index contributed by atoms with van der Waals surface area (Å²) in [4.78, 5) is 4.27. The average molecular weight is 328 g/mol. The number of ether oxygens (including phenoxy) is 1. The monoisotopic (exact) mass is 327 g/mol. The largest absolute Gasteiger partial charge is 0.493 e. The van der Waals surface area contributed by atoms with Gasteiger partial charge >= 0.3 is 0 Å². The topological polar surface area (TPSA) is 56.3 Å². The Labute approximate surface area is 129 Å². The van der Waals surface area contributed by atoms with Crippen LogP contribution in [0.2, 0.25) is 0 Å². The van der Waals surface area contributed by atoms with Gasteiger partial charge < -0.3 is 4.74 Å². The van der Waals surface area contributed by atoms with Crippen molar-refractivity contribution >= 4 is 30.6 Å². The van der Waals surface area contributed by atoms with E-state index < -0.39 is 9.05 Å². The fourth-order valence-electron chi connectivity index (χ4n) is 2.25. The van der Waals surface area contributed by atoms with Crippen molar-refractivity contribution in [2.45, 2.75) is 19.8 Å². The predicted octanol–water partition coefficient (Wildman–Crippen LogP) is 3.60. The van der Waals surface area contributed by atoms with E-state index in [0.717, 1.165) is 23.7 Å². The van der Waals surface area contributed by atoms with E-state index in [9.17, 15) is 8.42 Å². The van der Waals surface area contributed by atoms with E-state index in [0.29, 0.717) is 12.4 Å². The zero-order chi connectivity index (χ0) is 15.3. The zero-order valence-corrected chi connectivity index (χ0v) is 13.4. The van der Waals surface area contributed by atoms with Crippen LogP contribution in [0.3, 0.4) is 0 Å². The van der Waals surface area contributed by atoms with Gasteiger partial charge in [-0.05, 0) is 24.6 Å². The quantitative estimate of drug-likeness (QED) is 0.729. The summed E-state index contributed by atoms with van der Waals surface area (Å²) in [7, 11) is 1.83. The Bertz CT molecular complexity index is 703. The van der Waals surface area contributed by atoms with Crippen LogP contribution >= 0.6 is 10.7 Å². The first-order valence-corrected chi connectivity index (χ1v) is 9.35. The molecule has 114 valence electrons. The summed E-state index contributed by atoms with van der Waals surface area (Å²) in [5.74, 6) is 0.528. The summed E-state index contributed by atoms with van der Waals surface area (Å²) >= 11 is 0. The van der Waals surface area contributed by atoms with Crippen molar-refractivity contribution in [3.8, 4) is 5.75 Å². The lowest BCUT2D eigenvalue weighted by molar-refractivity contribution is 0.253. The first-order chi connectivity index (χ1) is 9.98. The number of nitrogens with zero attached hydrogens (tertiary/aromatic N) is 1. The molecule has 1 aromatic carbocycles. The lowest BCUT2D eigenvalue weighted by Gasteiger charge is -2.15. The molecule has 0 N–H and O–H groups in total. The van der Waals surface area contributed by atoms with Crippen LogP contribution in [0.25, 0.3) is 10.9 Å². The van der Waals surface area contributed by atoms with E-state index in [2.05, 4.69) is 4.98 Å². The first kappa shape index (κ1) is 16.0. The van der Waals surface area contributed by atoms with Crippen molar-refractivity contribution in [3.63, 3.8) is 0 Å². The van der Waals surface area contributed by atoms with Crippen LogP contribution in [0.1, 0.15) is 19.8 Å². The normalized spacial score (nSPS) is 13.2. The Morgan fingerprint density at radius 3 is 2.86 bits per heavy atom. The molecule has 0 saturated heterocycles. The molecule has 1 unspecified atom stereocenters. The van der Waals surface area contributed by atoms with E-state index in [-0.39, 0.29) is 11.7 Å². The van der Waals surface area contributed by atoms with Crippen LogP contribution in [0, 0.1) is 5.92 Å². The minimum absolute atomic E-state index is 0.0613. The summed E-state index contributed by atoms with van der Waals surface area (Å²) in [6.45, 7) is 2.34. The maximum absolute atomic E-state index is 11.2. The maximum atomic E-state index is 11.2. The summed E-state index contributed by atoms with van der Waals surface area (Å²) < 4.78 is 28.1. The minimum Gasteiger partial charge on any atom is -0.493 e. The molecule has 0 aliphatic carbocycles. The molecule has 0 radical (unpaired) electrons. The number of rotatable bonds is 7. The van der Waals surface area contributed by atoms with Crippen molar-refractivity contribution in [2.24, 2.45) is 5.92 Å². The summed E-state index contributed by atoms with van der Waals surface area (Å²) in [5, 5.41) is 1.04. The second-order valence-corrected chi connectivity index (χ2v) is 7.85. The molecule has 2 aromatic rings. The Hall–Kier alpha value is -1.33. The summed E-state index contributed by atoms with van der Waals surface area (Å²) in [6.07, 6.45) is 3.38. The van der Waals surface area contributed by atoms with E-state index in [1.165, 1.54) is 0 Å². The number of halogens is 1. The molecule has 21 heavy (non-hydrogen) atoms. The van der Waals surface area contributed by atoms with Gasteiger partial charge in [0.2, 0.25) is 9.05 Å². The Morgan fingerprint density at radius 2 is 2.14 bits per heavy atom. The smallest absolute Gasteiger partial charge is 0.232 e. The highest BCUT2D eigenvalue weighted by atomic mass is 35.7. The number of aromatic nitrogens is 1. The van der Waals surface area contributed by atoms with Crippen LogP contribution in [0.5, 0.6) is 5.75 Å². The first-order valence-electron chi connectivity index (χ1n) is 6.88. The molecule has 1 aromatic heterocycles. The Morgan fingerprint density at radius 1 is 1.33 bits per heavy atom. The summed E-state index contributed by atoms with van der Waals surface area (Å²) in [6, 6.07) is 9.51. The second kappa shape index (κ2) is 7.09. The molecule has 0 fully saturated rings. The van der Waals surface area contributed by atoms with Gasteiger partial charge in [-0.1, -0.05) is 19.4 Å². The molecule has 0 aliphatic heterocycles. The van der Waals surface area contributed by atoms with Crippen molar-refractivity contribution in [1.29, 1.82) is 0 Å². The highest BCUT2D eigenvalue weighted by Crippen LogP contribution is 2.20. The number of benzene rings is 1. The van der Waals surface area contributed by atoms with Crippen LogP contribution in [-0.4, -0.2) is 25.8 Å². The van der Waals surface area contributed by atoms with Gasteiger partial charge in [0, 0.05) is 34.2 Å². The van der Waals surface area contributed by atoms with Crippen molar-refractivity contribution in [1.82, 2.24) is 4.98 Å². The predicted molar refractivity (Wildman–Crippen MR) is 85.3 cm³/mol. The van der Waals surface area contributed by atoms with Crippen molar-refractivity contribution in [2.75, 3.05) is 12.4 Å². The lowest BCUT2D eigenvalue weighted by atomic mass is 10.1. The van der Waals surface area contributed by atoms with Gasteiger partial charge in [0.25, 0.3) is 0 Å². The maximum Gasteiger partial charge on any atom is 0.232 e. The Kier molecular flexibility index (Phi) is 5.42. The fraction of sp³-hybridized carbons (Fsp3) is 0.400. The van der Waals surface area contributed by atoms with Crippen LogP contribution in [0.15, 0.2) is 36.5 Å². The van der Waals surface area contributed by atoms with Crippen LogP contribution < -0.4 is 4.74 Å². The van der Waals surface area contributed by atoms with Crippen molar-refractivity contribution in [3.05, 3.63) is 36.5 Å². The molecular weight excluding hydrogens is 310 g/mol. The van der Waals surface area contributed by atoms with E-state index in [1.54, 1.807) is 6.20 Å². The molecule has 0 amide bonds. The zero-order valence-electron chi connectivity index (χ0n) is 11.8. The second-order valence-electron chi connectivity index (χ2n) is 5.03.